The summed E-state index contributed by atoms with van der Waals surface area (Å²) in [4.78, 5) is 12.2. The predicted octanol–water partition coefficient (Wildman–Crippen LogP) is 3.59. The molecule has 1 aliphatic heterocycles. The van der Waals surface area contributed by atoms with Crippen LogP contribution in [0.4, 0.5) is 5.69 Å². The molecule has 0 radical (unpaired) electrons. The number of anilines is 1. The summed E-state index contributed by atoms with van der Waals surface area (Å²) in [6.45, 7) is 3.15. The topological polar surface area (TPSA) is 47.6 Å². The zero-order valence-corrected chi connectivity index (χ0v) is 12.5. The maximum atomic E-state index is 12.2. The van der Waals surface area contributed by atoms with E-state index in [2.05, 4.69) is 12.2 Å². The van der Waals surface area contributed by atoms with Crippen molar-refractivity contribution in [2.24, 2.45) is 0 Å². The van der Waals surface area contributed by atoms with Crippen LogP contribution in [0, 0.1) is 0 Å². The molecule has 4 nitrogen and oxygen atoms in total. The maximum Gasteiger partial charge on any atom is 0.224 e. The first-order chi connectivity index (χ1) is 10.7. The van der Waals surface area contributed by atoms with Crippen LogP contribution in [0.5, 0.6) is 11.5 Å². The highest BCUT2D eigenvalue weighted by Crippen LogP contribution is 2.32. The molecule has 2 aromatic carbocycles. The fraction of sp³-hybridized carbons (Fsp3) is 0.278. The van der Waals surface area contributed by atoms with Crippen LogP contribution in [0.2, 0.25) is 0 Å². The van der Waals surface area contributed by atoms with E-state index >= 15 is 0 Å². The van der Waals surface area contributed by atoms with E-state index < -0.39 is 0 Å². The van der Waals surface area contributed by atoms with E-state index in [-0.39, 0.29) is 11.8 Å². The minimum absolute atomic E-state index is 0.00645. The fourth-order valence-corrected chi connectivity index (χ4v) is 2.51. The number of hydrogen-bond acceptors (Lipinski definition) is 3. The van der Waals surface area contributed by atoms with Gasteiger partial charge in [0.05, 0.1) is 0 Å². The van der Waals surface area contributed by atoms with Gasteiger partial charge >= 0.3 is 0 Å². The summed E-state index contributed by atoms with van der Waals surface area (Å²) < 4.78 is 11.0. The molecular formula is C18H19NO3. The van der Waals surface area contributed by atoms with Crippen LogP contribution in [0.25, 0.3) is 0 Å². The number of carbonyl (C=O) groups is 1. The van der Waals surface area contributed by atoms with Gasteiger partial charge in [-0.2, -0.15) is 0 Å². The summed E-state index contributed by atoms with van der Waals surface area (Å²) in [5.74, 6) is 1.58. The summed E-state index contributed by atoms with van der Waals surface area (Å²) >= 11 is 0. The molecule has 1 aliphatic rings. The van der Waals surface area contributed by atoms with Gasteiger partial charge in [-0.1, -0.05) is 37.3 Å². The number of ether oxygens (including phenoxy) is 2. The highest BCUT2D eigenvalue weighted by atomic mass is 16.6. The van der Waals surface area contributed by atoms with Crippen molar-refractivity contribution in [3.8, 4) is 11.5 Å². The largest absolute Gasteiger partial charge is 0.486 e. The lowest BCUT2D eigenvalue weighted by atomic mass is 9.97. The molecule has 0 fully saturated rings. The van der Waals surface area contributed by atoms with Gasteiger partial charge < -0.3 is 14.8 Å². The van der Waals surface area contributed by atoms with E-state index in [1.165, 1.54) is 5.56 Å². The van der Waals surface area contributed by atoms with Crippen LogP contribution in [-0.4, -0.2) is 19.1 Å². The molecule has 0 bridgehead atoms. The molecule has 1 amide bonds. The van der Waals surface area contributed by atoms with Crippen LogP contribution >= 0.6 is 0 Å². The average molecular weight is 297 g/mol. The first-order valence-electron chi connectivity index (χ1n) is 7.47. The Hall–Kier alpha value is -2.49. The molecule has 0 spiro atoms. The van der Waals surface area contributed by atoms with Crippen molar-refractivity contribution in [1.82, 2.24) is 0 Å². The Kier molecular flexibility index (Phi) is 4.28. The van der Waals surface area contributed by atoms with Gasteiger partial charge in [-0.25, -0.2) is 0 Å². The molecule has 0 saturated heterocycles. The van der Waals surface area contributed by atoms with Crippen LogP contribution in [0.15, 0.2) is 48.5 Å². The zero-order chi connectivity index (χ0) is 15.4. The van der Waals surface area contributed by atoms with Crippen molar-refractivity contribution in [2.45, 2.75) is 19.3 Å². The summed E-state index contributed by atoms with van der Waals surface area (Å²) in [6, 6.07) is 15.5. The molecule has 22 heavy (non-hydrogen) atoms. The third kappa shape index (κ3) is 3.39. The minimum atomic E-state index is -0.00645. The Morgan fingerprint density at radius 2 is 1.82 bits per heavy atom. The molecule has 0 aromatic heterocycles. The number of rotatable bonds is 4. The van der Waals surface area contributed by atoms with Crippen LogP contribution in [0.3, 0.4) is 0 Å². The normalized spacial score (nSPS) is 14.2. The van der Waals surface area contributed by atoms with Crippen LogP contribution in [0.1, 0.15) is 24.8 Å². The first kappa shape index (κ1) is 14.4. The second-order valence-corrected chi connectivity index (χ2v) is 5.42. The van der Waals surface area contributed by atoms with E-state index in [0.717, 1.165) is 11.4 Å². The summed E-state index contributed by atoms with van der Waals surface area (Å²) in [7, 11) is 0. The average Bonchev–Trinajstić information content (AvgIpc) is 2.55. The standard InChI is InChI=1S/C18H19NO3/c1-13(14-5-3-2-4-6-14)11-18(20)19-15-7-8-16-17(12-15)22-10-9-21-16/h2-8,12-13H,9-11H2,1H3,(H,19,20)/t13-/m0/s1. The predicted molar refractivity (Wildman–Crippen MR) is 85.5 cm³/mol. The van der Waals surface area contributed by atoms with Gasteiger partial charge in [0.2, 0.25) is 5.91 Å². The van der Waals surface area contributed by atoms with Gasteiger partial charge in [0.25, 0.3) is 0 Å². The van der Waals surface area contributed by atoms with Gasteiger partial charge in [-0.05, 0) is 23.6 Å². The summed E-state index contributed by atoms with van der Waals surface area (Å²) in [6.07, 6.45) is 0.443. The van der Waals surface area contributed by atoms with Gasteiger partial charge in [0.15, 0.2) is 11.5 Å². The minimum Gasteiger partial charge on any atom is -0.486 e. The van der Waals surface area contributed by atoms with Gasteiger partial charge in [0, 0.05) is 18.2 Å². The molecule has 4 heteroatoms. The second kappa shape index (κ2) is 6.52. The molecule has 1 N–H and O–H groups in total. The monoisotopic (exact) mass is 297 g/mol. The molecule has 2 aromatic rings. The van der Waals surface area contributed by atoms with E-state index in [1.807, 2.05) is 42.5 Å². The molecular weight excluding hydrogens is 278 g/mol. The number of nitrogens with one attached hydrogen (secondary N) is 1. The number of benzene rings is 2. The molecule has 1 heterocycles. The van der Waals surface area contributed by atoms with Crippen LogP contribution in [-0.2, 0) is 4.79 Å². The van der Waals surface area contributed by atoms with Crippen molar-refractivity contribution >= 4 is 11.6 Å². The number of carbonyl (C=O) groups excluding carboxylic acids is 1. The third-order valence-electron chi connectivity index (χ3n) is 3.69. The molecule has 0 saturated carbocycles. The molecule has 1 atom stereocenters. The van der Waals surface area contributed by atoms with Crippen molar-refractivity contribution in [1.29, 1.82) is 0 Å². The van der Waals surface area contributed by atoms with E-state index in [4.69, 9.17) is 9.47 Å². The number of fused-ring (bicyclic) bond motifs is 1. The highest BCUT2D eigenvalue weighted by Gasteiger charge is 2.14. The van der Waals surface area contributed by atoms with Gasteiger partial charge in [-0.15, -0.1) is 0 Å². The third-order valence-corrected chi connectivity index (χ3v) is 3.69. The first-order valence-corrected chi connectivity index (χ1v) is 7.47. The SMILES string of the molecule is C[C@@H](CC(=O)Nc1ccc2c(c1)OCCO2)c1ccccc1. The number of amides is 1. The maximum absolute atomic E-state index is 12.2. The zero-order valence-electron chi connectivity index (χ0n) is 12.5. The summed E-state index contributed by atoms with van der Waals surface area (Å²) in [5, 5.41) is 2.92. The Balaban J connectivity index is 1.62. The quantitative estimate of drug-likeness (QED) is 0.938. The Bertz CT molecular complexity index is 655. The van der Waals surface area contributed by atoms with E-state index in [1.54, 1.807) is 6.07 Å². The lowest BCUT2D eigenvalue weighted by Gasteiger charge is -2.19. The van der Waals surface area contributed by atoms with Gasteiger partial charge in [0.1, 0.15) is 13.2 Å². The van der Waals surface area contributed by atoms with Crippen molar-refractivity contribution in [2.75, 3.05) is 18.5 Å². The Morgan fingerprint density at radius 3 is 2.59 bits per heavy atom. The molecule has 114 valence electrons. The Morgan fingerprint density at radius 1 is 1.09 bits per heavy atom. The number of hydrogen-bond donors (Lipinski definition) is 1. The second-order valence-electron chi connectivity index (χ2n) is 5.42. The smallest absolute Gasteiger partial charge is 0.224 e. The Labute approximate surface area is 130 Å². The van der Waals surface area contributed by atoms with E-state index in [0.29, 0.717) is 25.4 Å². The lowest BCUT2D eigenvalue weighted by Crippen LogP contribution is -2.17. The fourth-order valence-electron chi connectivity index (χ4n) is 2.51. The van der Waals surface area contributed by atoms with Crippen LogP contribution < -0.4 is 14.8 Å². The van der Waals surface area contributed by atoms with Crippen molar-refractivity contribution in [3.63, 3.8) is 0 Å². The lowest BCUT2D eigenvalue weighted by molar-refractivity contribution is -0.116. The van der Waals surface area contributed by atoms with Gasteiger partial charge in [-0.3, -0.25) is 4.79 Å². The molecule has 0 unspecified atom stereocenters. The highest BCUT2D eigenvalue weighted by molar-refractivity contribution is 5.91. The van der Waals surface area contributed by atoms with E-state index in [9.17, 15) is 4.79 Å². The molecule has 3 rings (SSSR count). The molecule has 0 aliphatic carbocycles. The van der Waals surface area contributed by atoms with Crippen molar-refractivity contribution < 1.29 is 14.3 Å². The van der Waals surface area contributed by atoms with Crippen molar-refractivity contribution in [3.05, 3.63) is 54.1 Å². The summed E-state index contributed by atoms with van der Waals surface area (Å²) in [5.41, 5.74) is 1.90.